The Kier molecular flexibility index (Phi) is 4.05. The van der Waals surface area contributed by atoms with E-state index in [-0.39, 0.29) is 18.0 Å². The lowest BCUT2D eigenvalue weighted by atomic mass is 10.1. The maximum absolute atomic E-state index is 12.9. The Morgan fingerprint density at radius 1 is 1.28 bits per heavy atom. The minimum Gasteiger partial charge on any atom is -0.458 e. The van der Waals surface area contributed by atoms with Gasteiger partial charge in [-0.3, -0.25) is 4.79 Å². The van der Waals surface area contributed by atoms with Gasteiger partial charge < -0.3 is 14.1 Å². The molecule has 0 spiro atoms. The van der Waals surface area contributed by atoms with Crippen LogP contribution < -0.4 is 4.74 Å². The number of carbonyl (C=O) groups excluding carboxylic acids is 1. The van der Waals surface area contributed by atoms with Crippen molar-refractivity contribution in [1.82, 2.24) is 14.9 Å². The van der Waals surface area contributed by atoms with Crippen LogP contribution in [0.2, 0.25) is 0 Å². The number of carbonyl (C=O) groups is 1. The number of amides is 1. The number of halogens is 1. The molecule has 7 heteroatoms. The molecule has 3 heterocycles. The molecule has 0 saturated carbocycles. The van der Waals surface area contributed by atoms with Crippen molar-refractivity contribution in [3.05, 3.63) is 54.3 Å². The lowest BCUT2D eigenvalue weighted by Crippen LogP contribution is -2.44. The minimum atomic E-state index is -0.516. The van der Waals surface area contributed by atoms with Crippen LogP contribution in [0.4, 0.5) is 4.39 Å². The highest BCUT2D eigenvalue weighted by atomic mass is 19.1. The summed E-state index contributed by atoms with van der Waals surface area (Å²) in [5.74, 6) is -0.359. The first-order valence-electron chi connectivity index (χ1n) is 8.11. The zero-order valence-corrected chi connectivity index (χ0v) is 13.4. The third-order valence-corrected chi connectivity index (χ3v) is 4.17. The smallest absolute Gasteiger partial charge is 0.316 e. The average Bonchev–Trinajstić information content (AvgIpc) is 3.07. The van der Waals surface area contributed by atoms with Gasteiger partial charge in [0.25, 0.3) is 5.91 Å². The molecule has 1 atom stereocenters. The van der Waals surface area contributed by atoms with Crippen molar-refractivity contribution in [2.45, 2.75) is 18.9 Å². The monoisotopic (exact) mass is 341 g/mol. The Bertz CT molecular complexity index is 861. The van der Waals surface area contributed by atoms with E-state index < -0.39 is 5.82 Å². The maximum Gasteiger partial charge on any atom is 0.316 e. The number of piperidine rings is 1. The van der Waals surface area contributed by atoms with Crippen molar-refractivity contribution in [2.75, 3.05) is 13.1 Å². The number of likely N-dealkylation sites (tertiary alicyclic amines) is 1. The van der Waals surface area contributed by atoms with Crippen LogP contribution in [0.1, 0.15) is 23.4 Å². The molecule has 6 nitrogen and oxygen atoms in total. The molecule has 0 N–H and O–H groups in total. The third kappa shape index (κ3) is 3.31. The van der Waals surface area contributed by atoms with Gasteiger partial charge in [-0.25, -0.2) is 14.4 Å². The van der Waals surface area contributed by atoms with E-state index in [0.29, 0.717) is 24.4 Å². The molecule has 3 aromatic rings. The molecule has 0 aliphatic carbocycles. The largest absolute Gasteiger partial charge is 0.458 e. The van der Waals surface area contributed by atoms with E-state index in [2.05, 4.69) is 9.97 Å². The second-order valence-corrected chi connectivity index (χ2v) is 5.97. The molecule has 1 amide bonds. The van der Waals surface area contributed by atoms with Gasteiger partial charge in [0, 0.05) is 11.9 Å². The predicted octanol–water partition coefficient (Wildman–Crippen LogP) is 3.05. The summed E-state index contributed by atoms with van der Waals surface area (Å²) in [6.07, 6.45) is 3.47. The Morgan fingerprint density at radius 2 is 2.08 bits per heavy atom. The second kappa shape index (κ2) is 6.51. The van der Waals surface area contributed by atoms with E-state index in [0.717, 1.165) is 30.6 Å². The number of para-hydroxylation sites is 1. The van der Waals surface area contributed by atoms with Crippen LogP contribution >= 0.6 is 0 Å². The standard InChI is InChI=1S/C18H16FN3O3/c19-13-9-20-18(21-10-13)24-14-5-3-7-22(11-14)17(23)16-8-12-4-1-2-6-15(12)25-16/h1-2,4,6,8-10,14H,3,5,7,11H2. The molecule has 1 unspecified atom stereocenters. The van der Waals surface area contributed by atoms with Gasteiger partial charge in [-0.1, -0.05) is 18.2 Å². The second-order valence-electron chi connectivity index (χ2n) is 5.97. The number of ether oxygens (including phenoxy) is 1. The molecule has 1 saturated heterocycles. The molecule has 1 fully saturated rings. The normalized spacial score (nSPS) is 17.6. The number of benzene rings is 1. The lowest BCUT2D eigenvalue weighted by Gasteiger charge is -2.31. The summed E-state index contributed by atoms with van der Waals surface area (Å²) < 4.78 is 24.2. The number of furan rings is 1. The van der Waals surface area contributed by atoms with E-state index in [9.17, 15) is 9.18 Å². The maximum atomic E-state index is 12.9. The van der Waals surface area contributed by atoms with Crippen molar-refractivity contribution in [1.29, 1.82) is 0 Å². The predicted molar refractivity (Wildman–Crippen MR) is 87.8 cm³/mol. The van der Waals surface area contributed by atoms with Gasteiger partial charge in [0.15, 0.2) is 11.6 Å². The van der Waals surface area contributed by atoms with Crippen LogP contribution in [-0.2, 0) is 0 Å². The highest BCUT2D eigenvalue weighted by molar-refractivity contribution is 5.96. The molecular formula is C18H16FN3O3. The summed E-state index contributed by atoms with van der Waals surface area (Å²) in [7, 11) is 0. The summed E-state index contributed by atoms with van der Waals surface area (Å²) in [6.45, 7) is 1.05. The number of rotatable bonds is 3. The minimum absolute atomic E-state index is 0.115. The summed E-state index contributed by atoms with van der Waals surface area (Å²) in [5, 5.41) is 0.898. The van der Waals surface area contributed by atoms with E-state index in [1.54, 1.807) is 11.0 Å². The van der Waals surface area contributed by atoms with Gasteiger partial charge in [0.05, 0.1) is 18.9 Å². The lowest BCUT2D eigenvalue weighted by molar-refractivity contribution is 0.0490. The molecule has 1 aliphatic heterocycles. The Hall–Kier alpha value is -2.96. The van der Waals surface area contributed by atoms with Crippen LogP contribution in [0, 0.1) is 5.82 Å². The first-order chi connectivity index (χ1) is 12.2. The molecule has 128 valence electrons. The number of hydrogen-bond acceptors (Lipinski definition) is 5. The van der Waals surface area contributed by atoms with Crippen molar-refractivity contribution in [3.8, 4) is 6.01 Å². The van der Waals surface area contributed by atoms with E-state index in [1.807, 2.05) is 24.3 Å². The van der Waals surface area contributed by atoms with Gasteiger partial charge in [-0.15, -0.1) is 0 Å². The van der Waals surface area contributed by atoms with Gasteiger partial charge in [-0.2, -0.15) is 0 Å². The van der Waals surface area contributed by atoms with Crippen molar-refractivity contribution >= 4 is 16.9 Å². The molecule has 2 aromatic heterocycles. The van der Waals surface area contributed by atoms with Gasteiger partial charge in [0.1, 0.15) is 11.7 Å². The SMILES string of the molecule is O=C(c1cc2ccccc2o1)N1CCCC(Oc2ncc(F)cn2)C1. The van der Waals surface area contributed by atoms with Crippen LogP contribution in [-0.4, -0.2) is 40.0 Å². The molecule has 1 aliphatic rings. The van der Waals surface area contributed by atoms with Gasteiger partial charge in [-0.05, 0) is 25.0 Å². The topological polar surface area (TPSA) is 68.5 Å². The highest BCUT2D eigenvalue weighted by Crippen LogP contribution is 2.22. The zero-order valence-electron chi connectivity index (χ0n) is 13.4. The number of aromatic nitrogens is 2. The summed E-state index contributed by atoms with van der Waals surface area (Å²) in [5.41, 5.74) is 0.690. The Balaban J connectivity index is 1.46. The Labute approximate surface area is 143 Å². The zero-order chi connectivity index (χ0) is 17.2. The fourth-order valence-electron chi connectivity index (χ4n) is 2.97. The summed E-state index contributed by atoms with van der Waals surface area (Å²) in [4.78, 5) is 22.0. The van der Waals surface area contributed by atoms with Crippen LogP contribution in [0.3, 0.4) is 0 Å². The number of fused-ring (bicyclic) bond motifs is 1. The quantitative estimate of drug-likeness (QED) is 0.732. The average molecular weight is 341 g/mol. The number of nitrogens with zero attached hydrogens (tertiary/aromatic N) is 3. The summed E-state index contributed by atoms with van der Waals surface area (Å²) >= 11 is 0. The molecular weight excluding hydrogens is 325 g/mol. The molecule has 0 bridgehead atoms. The van der Waals surface area contributed by atoms with Crippen LogP contribution in [0.25, 0.3) is 11.0 Å². The van der Waals surface area contributed by atoms with Gasteiger partial charge in [0.2, 0.25) is 0 Å². The van der Waals surface area contributed by atoms with E-state index in [1.165, 1.54) is 0 Å². The highest BCUT2D eigenvalue weighted by Gasteiger charge is 2.28. The van der Waals surface area contributed by atoms with Crippen LogP contribution in [0.5, 0.6) is 6.01 Å². The molecule has 25 heavy (non-hydrogen) atoms. The van der Waals surface area contributed by atoms with Gasteiger partial charge >= 0.3 is 6.01 Å². The first kappa shape index (κ1) is 15.6. The fraction of sp³-hybridized carbons (Fsp3) is 0.278. The fourth-order valence-corrected chi connectivity index (χ4v) is 2.97. The molecule has 1 aromatic carbocycles. The Morgan fingerprint density at radius 3 is 2.88 bits per heavy atom. The van der Waals surface area contributed by atoms with Crippen LogP contribution in [0.15, 0.2) is 47.1 Å². The van der Waals surface area contributed by atoms with Crippen molar-refractivity contribution < 1.29 is 18.3 Å². The third-order valence-electron chi connectivity index (χ3n) is 4.17. The molecule has 0 radical (unpaired) electrons. The summed E-state index contributed by atoms with van der Waals surface area (Å²) in [6, 6.07) is 9.38. The first-order valence-corrected chi connectivity index (χ1v) is 8.11. The van der Waals surface area contributed by atoms with E-state index >= 15 is 0 Å². The number of hydrogen-bond donors (Lipinski definition) is 0. The van der Waals surface area contributed by atoms with Crippen molar-refractivity contribution in [3.63, 3.8) is 0 Å². The van der Waals surface area contributed by atoms with Crippen molar-refractivity contribution in [2.24, 2.45) is 0 Å². The molecule has 4 rings (SSSR count). The van der Waals surface area contributed by atoms with E-state index in [4.69, 9.17) is 9.15 Å².